The first-order valence-corrected chi connectivity index (χ1v) is 4.74. The first-order valence-electron chi connectivity index (χ1n) is 4.74. The van der Waals surface area contributed by atoms with Crippen molar-refractivity contribution in [3.8, 4) is 5.69 Å². The van der Waals surface area contributed by atoms with E-state index in [1.165, 1.54) is 13.1 Å². The van der Waals surface area contributed by atoms with Gasteiger partial charge in [-0.3, -0.25) is 0 Å². The molecular formula is C10H8F3N3O. The summed E-state index contributed by atoms with van der Waals surface area (Å²) in [5.41, 5.74) is -0.226. The molecule has 2 rings (SSSR count). The van der Waals surface area contributed by atoms with E-state index < -0.39 is 29.2 Å². The molecule has 1 atom stereocenters. The van der Waals surface area contributed by atoms with Crippen molar-refractivity contribution in [3.63, 3.8) is 0 Å². The summed E-state index contributed by atoms with van der Waals surface area (Å²) in [6.07, 6.45) is 0.298. The Morgan fingerprint density at radius 1 is 1.29 bits per heavy atom. The molecule has 0 radical (unpaired) electrons. The molecule has 1 heterocycles. The lowest BCUT2D eigenvalue weighted by molar-refractivity contribution is 0.194. The van der Waals surface area contributed by atoms with E-state index in [0.717, 1.165) is 10.7 Å². The minimum Gasteiger partial charge on any atom is -0.387 e. The largest absolute Gasteiger partial charge is 0.387 e. The summed E-state index contributed by atoms with van der Waals surface area (Å²) in [4.78, 5) is 0. The lowest BCUT2D eigenvalue weighted by Gasteiger charge is -2.03. The zero-order valence-corrected chi connectivity index (χ0v) is 8.73. The molecule has 1 unspecified atom stereocenters. The maximum absolute atomic E-state index is 13.4. The van der Waals surface area contributed by atoms with E-state index in [1.54, 1.807) is 0 Å². The number of benzene rings is 1. The van der Waals surface area contributed by atoms with Crippen molar-refractivity contribution in [2.75, 3.05) is 0 Å². The number of aliphatic hydroxyl groups excluding tert-OH is 1. The Morgan fingerprint density at radius 3 is 2.59 bits per heavy atom. The van der Waals surface area contributed by atoms with Crippen LogP contribution in [0.4, 0.5) is 13.2 Å². The van der Waals surface area contributed by atoms with Gasteiger partial charge in [-0.1, -0.05) is 5.21 Å². The van der Waals surface area contributed by atoms with Gasteiger partial charge in [-0.2, -0.15) is 0 Å². The Balaban J connectivity index is 2.52. The van der Waals surface area contributed by atoms with Crippen molar-refractivity contribution in [2.24, 2.45) is 0 Å². The van der Waals surface area contributed by atoms with E-state index in [0.29, 0.717) is 6.07 Å². The summed E-state index contributed by atoms with van der Waals surface area (Å²) >= 11 is 0. The zero-order chi connectivity index (χ0) is 12.6. The standard InChI is InChI=1S/C10H8F3N3O/c1-5(17)8-4-16(15-14-8)9-3-6(11)2-7(12)10(9)13/h2-5,17H,1H3. The molecule has 4 nitrogen and oxygen atoms in total. The number of aliphatic hydroxyl groups is 1. The highest BCUT2D eigenvalue weighted by molar-refractivity contribution is 5.34. The summed E-state index contributed by atoms with van der Waals surface area (Å²) in [6.45, 7) is 1.44. The molecule has 0 saturated heterocycles. The Bertz CT molecular complexity index is 554. The molecule has 1 aromatic carbocycles. The quantitative estimate of drug-likeness (QED) is 0.817. The van der Waals surface area contributed by atoms with Crippen LogP contribution >= 0.6 is 0 Å². The van der Waals surface area contributed by atoms with Crippen LogP contribution in [0, 0.1) is 17.5 Å². The third-order valence-corrected chi connectivity index (χ3v) is 2.16. The summed E-state index contributed by atoms with van der Waals surface area (Å²) in [6, 6.07) is 1.23. The van der Waals surface area contributed by atoms with Crippen LogP contribution in [-0.4, -0.2) is 20.1 Å². The maximum Gasteiger partial charge on any atom is 0.184 e. The second-order valence-electron chi connectivity index (χ2n) is 3.48. The fraction of sp³-hybridized carbons (Fsp3) is 0.200. The van der Waals surface area contributed by atoms with Crippen molar-refractivity contribution < 1.29 is 18.3 Å². The number of hydrogen-bond donors (Lipinski definition) is 1. The predicted octanol–water partition coefficient (Wildman–Crippen LogP) is 1.74. The second kappa shape index (κ2) is 4.17. The first-order chi connectivity index (χ1) is 7.99. The lowest BCUT2D eigenvalue weighted by atomic mass is 10.2. The van der Waals surface area contributed by atoms with Crippen LogP contribution in [0.1, 0.15) is 18.7 Å². The van der Waals surface area contributed by atoms with Crippen molar-refractivity contribution in [1.82, 2.24) is 15.0 Å². The van der Waals surface area contributed by atoms with E-state index in [1.807, 2.05) is 0 Å². The molecule has 0 fully saturated rings. The van der Waals surface area contributed by atoms with Crippen molar-refractivity contribution in [3.05, 3.63) is 41.5 Å². The fourth-order valence-corrected chi connectivity index (χ4v) is 1.30. The Hall–Kier alpha value is -1.89. The third kappa shape index (κ3) is 2.14. The van der Waals surface area contributed by atoms with Gasteiger partial charge in [0.25, 0.3) is 0 Å². The zero-order valence-electron chi connectivity index (χ0n) is 8.73. The fourth-order valence-electron chi connectivity index (χ4n) is 1.30. The molecule has 0 aliphatic rings. The number of hydrogen-bond acceptors (Lipinski definition) is 3. The molecule has 17 heavy (non-hydrogen) atoms. The highest BCUT2D eigenvalue weighted by atomic mass is 19.2. The smallest absolute Gasteiger partial charge is 0.184 e. The summed E-state index contributed by atoms with van der Waals surface area (Å²) in [5.74, 6) is -3.46. The van der Waals surface area contributed by atoms with Crippen LogP contribution in [0.15, 0.2) is 18.3 Å². The molecule has 2 aromatic rings. The number of nitrogens with zero attached hydrogens (tertiary/aromatic N) is 3. The highest BCUT2D eigenvalue weighted by Gasteiger charge is 2.15. The summed E-state index contributed by atoms with van der Waals surface area (Å²) < 4.78 is 40.2. The van der Waals surface area contributed by atoms with Crippen LogP contribution in [-0.2, 0) is 0 Å². The second-order valence-corrected chi connectivity index (χ2v) is 3.48. The van der Waals surface area contributed by atoms with Gasteiger partial charge in [0.2, 0.25) is 0 Å². The Morgan fingerprint density at radius 2 is 2.00 bits per heavy atom. The van der Waals surface area contributed by atoms with Crippen LogP contribution < -0.4 is 0 Å². The normalized spacial score (nSPS) is 12.8. The van der Waals surface area contributed by atoms with Gasteiger partial charge in [0.05, 0.1) is 12.3 Å². The van der Waals surface area contributed by atoms with Gasteiger partial charge < -0.3 is 5.11 Å². The molecular weight excluding hydrogens is 235 g/mol. The van der Waals surface area contributed by atoms with Crippen LogP contribution in [0.2, 0.25) is 0 Å². The van der Waals surface area contributed by atoms with Gasteiger partial charge in [0, 0.05) is 12.1 Å². The van der Waals surface area contributed by atoms with Crippen molar-refractivity contribution >= 4 is 0 Å². The van der Waals surface area contributed by atoms with Gasteiger partial charge in [-0.25, -0.2) is 17.9 Å². The molecule has 1 N–H and O–H groups in total. The number of aromatic nitrogens is 3. The first kappa shape index (κ1) is 11.6. The molecule has 0 aliphatic carbocycles. The highest BCUT2D eigenvalue weighted by Crippen LogP contribution is 2.18. The van der Waals surface area contributed by atoms with E-state index in [-0.39, 0.29) is 5.69 Å². The van der Waals surface area contributed by atoms with E-state index >= 15 is 0 Å². The summed E-state index contributed by atoms with van der Waals surface area (Å²) in [7, 11) is 0. The van der Waals surface area contributed by atoms with E-state index in [2.05, 4.69) is 10.3 Å². The summed E-state index contributed by atoms with van der Waals surface area (Å²) in [5, 5.41) is 16.2. The van der Waals surface area contributed by atoms with Crippen LogP contribution in [0.25, 0.3) is 5.69 Å². The molecule has 7 heteroatoms. The molecule has 0 saturated carbocycles. The monoisotopic (exact) mass is 243 g/mol. The predicted molar refractivity (Wildman–Crippen MR) is 51.9 cm³/mol. The Kier molecular flexibility index (Phi) is 2.84. The van der Waals surface area contributed by atoms with E-state index in [4.69, 9.17) is 0 Å². The van der Waals surface area contributed by atoms with Gasteiger partial charge >= 0.3 is 0 Å². The SMILES string of the molecule is CC(O)c1cn(-c2cc(F)cc(F)c2F)nn1. The minimum absolute atomic E-state index is 0.175. The van der Waals surface area contributed by atoms with Crippen molar-refractivity contribution in [2.45, 2.75) is 13.0 Å². The van der Waals surface area contributed by atoms with Crippen LogP contribution in [0.5, 0.6) is 0 Å². The number of halogens is 3. The van der Waals surface area contributed by atoms with Gasteiger partial charge in [-0.05, 0) is 6.92 Å². The van der Waals surface area contributed by atoms with Crippen molar-refractivity contribution in [1.29, 1.82) is 0 Å². The van der Waals surface area contributed by atoms with E-state index in [9.17, 15) is 18.3 Å². The molecule has 0 amide bonds. The molecule has 0 spiro atoms. The third-order valence-electron chi connectivity index (χ3n) is 2.16. The Labute approximate surface area is 94.3 Å². The van der Waals surface area contributed by atoms with Gasteiger partial charge in [-0.15, -0.1) is 5.10 Å². The molecule has 1 aromatic heterocycles. The van der Waals surface area contributed by atoms with Gasteiger partial charge in [0.1, 0.15) is 17.2 Å². The topological polar surface area (TPSA) is 50.9 Å². The molecule has 0 aliphatic heterocycles. The number of rotatable bonds is 2. The van der Waals surface area contributed by atoms with Gasteiger partial charge in [0.15, 0.2) is 11.6 Å². The maximum atomic E-state index is 13.4. The molecule has 0 bridgehead atoms. The molecule has 90 valence electrons. The lowest BCUT2D eigenvalue weighted by Crippen LogP contribution is -2.02. The average Bonchev–Trinajstić information content (AvgIpc) is 2.72. The minimum atomic E-state index is -1.31. The average molecular weight is 243 g/mol. The van der Waals surface area contributed by atoms with Crippen LogP contribution in [0.3, 0.4) is 0 Å².